The van der Waals surface area contributed by atoms with E-state index < -0.39 is 0 Å². The van der Waals surface area contributed by atoms with Crippen LogP contribution in [0.4, 0.5) is 0 Å². The second-order valence-electron chi connectivity index (χ2n) is 5.83. The molecule has 0 aliphatic carbocycles. The number of hydrogen-bond donors (Lipinski definition) is 1. The van der Waals surface area contributed by atoms with E-state index in [1.54, 1.807) is 0 Å². The van der Waals surface area contributed by atoms with Crippen LogP contribution in [0.1, 0.15) is 45.5 Å². The third-order valence-corrected chi connectivity index (χ3v) is 3.86. The van der Waals surface area contributed by atoms with Crippen LogP contribution in [0.5, 0.6) is 0 Å². The average Bonchev–Trinajstić information content (AvgIpc) is 2.58. The van der Waals surface area contributed by atoms with E-state index in [0.717, 1.165) is 36.0 Å². The zero-order valence-corrected chi connectivity index (χ0v) is 14.3. The first-order valence-corrected chi connectivity index (χ1v) is 7.74. The molecule has 0 radical (unpaired) electrons. The third-order valence-electron chi connectivity index (χ3n) is 2.95. The predicted octanol–water partition coefficient (Wildman–Crippen LogP) is 3.62. The Bertz CT molecular complexity index is 427. The van der Waals surface area contributed by atoms with E-state index in [1.807, 2.05) is 11.7 Å². The normalized spacial score (nSPS) is 12.5. The summed E-state index contributed by atoms with van der Waals surface area (Å²) in [6, 6.07) is 0. The largest absolute Gasteiger partial charge is 0.312 e. The van der Waals surface area contributed by atoms with Crippen LogP contribution in [0, 0.1) is 0 Å². The summed E-state index contributed by atoms with van der Waals surface area (Å²) in [5.41, 5.74) is 2.59. The number of aromatic nitrogens is 2. The molecule has 0 saturated carbocycles. The highest BCUT2D eigenvalue weighted by Gasteiger charge is 2.10. The molecule has 0 fully saturated rings. The lowest BCUT2D eigenvalue weighted by molar-refractivity contribution is 0.431. The van der Waals surface area contributed by atoms with Gasteiger partial charge in [-0.15, -0.1) is 0 Å². The van der Waals surface area contributed by atoms with Gasteiger partial charge in [-0.05, 0) is 56.1 Å². The molecule has 1 N–H and O–H groups in total. The van der Waals surface area contributed by atoms with Gasteiger partial charge in [0.25, 0.3) is 0 Å². The molecule has 0 amide bonds. The van der Waals surface area contributed by atoms with Gasteiger partial charge >= 0.3 is 0 Å². The van der Waals surface area contributed by atoms with Crippen molar-refractivity contribution in [3.63, 3.8) is 0 Å². The fourth-order valence-electron chi connectivity index (χ4n) is 1.88. The Hall–Kier alpha value is -0.610. The van der Waals surface area contributed by atoms with E-state index in [2.05, 4.69) is 66.2 Å². The Balaban J connectivity index is 2.42. The van der Waals surface area contributed by atoms with E-state index >= 15 is 0 Å². The molecule has 0 bridgehead atoms. The molecule has 0 aromatic carbocycles. The van der Waals surface area contributed by atoms with Gasteiger partial charge in [0.05, 0.1) is 15.9 Å². The van der Waals surface area contributed by atoms with Crippen molar-refractivity contribution >= 4 is 15.9 Å². The number of halogens is 1. The van der Waals surface area contributed by atoms with Crippen molar-refractivity contribution < 1.29 is 0 Å². The van der Waals surface area contributed by atoms with Crippen LogP contribution < -0.4 is 5.32 Å². The highest BCUT2D eigenvalue weighted by Crippen LogP contribution is 2.22. The number of nitrogens with one attached hydrogen (secondary N) is 1. The molecule has 19 heavy (non-hydrogen) atoms. The topological polar surface area (TPSA) is 29.9 Å². The summed E-state index contributed by atoms with van der Waals surface area (Å²) in [5, 5.41) is 7.98. The van der Waals surface area contributed by atoms with Gasteiger partial charge in [0.1, 0.15) is 0 Å². The quantitative estimate of drug-likeness (QED) is 0.638. The molecular formula is C15H26BrN3. The number of rotatable bonds is 6. The van der Waals surface area contributed by atoms with E-state index in [-0.39, 0.29) is 5.54 Å². The summed E-state index contributed by atoms with van der Waals surface area (Å²) in [7, 11) is 2.01. The maximum absolute atomic E-state index is 4.50. The fraction of sp³-hybridized carbons (Fsp3) is 0.667. The van der Waals surface area contributed by atoms with Crippen molar-refractivity contribution in [3.05, 3.63) is 28.0 Å². The highest BCUT2D eigenvalue weighted by atomic mass is 79.9. The first-order valence-electron chi connectivity index (χ1n) is 6.95. The van der Waals surface area contributed by atoms with Crippen LogP contribution in [0.3, 0.4) is 0 Å². The number of nitrogens with zero attached hydrogens (tertiary/aromatic N) is 2. The molecule has 0 unspecified atom stereocenters. The standard InChI is InChI=1S/C15H26BrN3/c1-6-12-14(16)13(19(5)18-12)10-8-7-9-11-17-15(2,3)4/h7-8,17H,6,9-11H2,1-5H3. The molecule has 3 nitrogen and oxygen atoms in total. The van der Waals surface area contributed by atoms with E-state index in [0.29, 0.717) is 0 Å². The molecule has 0 aliphatic rings. The monoisotopic (exact) mass is 327 g/mol. The lowest BCUT2D eigenvalue weighted by atomic mass is 10.1. The van der Waals surface area contributed by atoms with Crippen LogP contribution in [0.25, 0.3) is 0 Å². The van der Waals surface area contributed by atoms with Gasteiger partial charge in [0.2, 0.25) is 0 Å². The smallest absolute Gasteiger partial charge is 0.0766 e. The van der Waals surface area contributed by atoms with Crippen molar-refractivity contribution in [2.45, 2.75) is 52.5 Å². The number of aryl methyl sites for hydroxylation is 2. The fourth-order valence-corrected chi connectivity index (χ4v) is 2.66. The van der Waals surface area contributed by atoms with Gasteiger partial charge in [-0.3, -0.25) is 4.68 Å². The summed E-state index contributed by atoms with van der Waals surface area (Å²) in [5.74, 6) is 0. The Morgan fingerprint density at radius 3 is 2.53 bits per heavy atom. The minimum Gasteiger partial charge on any atom is -0.312 e. The summed E-state index contributed by atoms with van der Waals surface area (Å²) < 4.78 is 3.13. The van der Waals surface area contributed by atoms with Gasteiger partial charge in [-0.2, -0.15) is 5.10 Å². The van der Waals surface area contributed by atoms with Crippen LogP contribution >= 0.6 is 15.9 Å². The average molecular weight is 328 g/mol. The Labute approximate surface area is 125 Å². The van der Waals surface area contributed by atoms with Crippen molar-refractivity contribution in [3.8, 4) is 0 Å². The summed E-state index contributed by atoms with van der Waals surface area (Å²) in [6.45, 7) is 9.72. The summed E-state index contributed by atoms with van der Waals surface area (Å²) in [4.78, 5) is 0. The molecule has 0 saturated heterocycles. The van der Waals surface area contributed by atoms with Gasteiger partial charge in [0, 0.05) is 19.0 Å². The Morgan fingerprint density at radius 1 is 1.32 bits per heavy atom. The van der Waals surface area contributed by atoms with Gasteiger partial charge < -0.3 is 5.32 Å². The maximum Gasteiger partial charge on any atom is 0.0766 e. The first-order chi connectivity index (χ1) is 8.85. The molecule has 1 rings (SSSR count). The zero-order valence-electron chi connectivity index (χ0n) is 12.8. The van der Waals surface area contributed by atoms with Crippen LogP contribution in [0.15, 0.2) is 16.6 Å². The van der Waals surface area contributed by atoms with Crippen LogP contribution in [-0.2, 0) is 19.9 Å². The van der Waals surface area contributed by atoms with E-state index in [4.69, 9.17) is 0 Å². The van der Waals surface area contributed by atoms with Crippen molar-refractivity contribution in [1.29, 1.82) is 0 Å². The number of allylic oxidation sites excluding steroid dienone is 1. The SMILES string of the molecule is CCc1nn(C)c(CC=CCCNC(C)(C)C)c1Br. The zero-order chi connectivity index (χ0) is 14.5. The molecule has 0 aliphatic heterocycles. The third kappa shape index (κ3) is 5.49. The minimum absolute atomic E-state index is 0.203. The van der Waals surface area contributed by atoms with E-state index in [1.165, 1.54) is 5.69 Å². The molecule has 4 heteroatoms. The molecule has 0 atom stereocenters. The lowest BCUT2D eigenvalue weighted by Gasteiger charge is -2.19. The summed E-state index contributed by atoms with van der Waals surface area (Å²) in [6.07, 6.45) is 7.43. The first kappa shape index (κ1) is 16.4. The highest BCUT2D eigenvalue weighted by molar-refractivity contribution is 9.10. The molecule has 1 aromatic heterocycles. The van der Waals surface area contributed by atoms with Gasteiger partial charge in [-0.1, -0.05) is 19.1 Å². The van der Waals surface area contributed by atoms with Gasteiger partial charge in [0.15, 0.2) is 0 Å². The van der Waals surface area contributed by atoms with E-state index in [9.17, 15) is 0 Å². The molecular weight excluding hydrogens is 302 g/mol. The van der Waals surface area contributed by atoms with Crippen molar-refractivity contribution in [2.75, 3.05) is 6.54 Å². The molecule has 108 valence electrons. The minimum atomic E-state index is 0.203. The van der Waals surface area contributed by atoms with Crippen molar-refractivity contribution in [1.82, 2.24) is 15.1 Å². The Kier molecular flexibility index (Phi) is 6.27. The second-order valence-corrected chi connectivity index (χ2v) is 6.62. The van der Waals surface area contributed by atoms with Crippen LogP contribution in [0.2, 0.25) is 0 Å². The molecule has 1 heterocycles. The van der Waals surface area contributed by atoms with Crippen molar-refractivity contribution in [2.24, 2.45) is 7.05 Å². The molecule has 1 aromatic rings. The molecule has 0 spiro atoms. The predicted molar refractivity (Wildman–Crippen MR) is 85.5 cm³/mol. The second kappa shape index (κ2) is 7.25. The van der Waals surface area contributed by atoms with Crippen LogP contribution in [-0.4, -0.2) is 21.9 Å². The summed E-state index contributed by atoms with van der Waals surface area (Å²) >= 11 is 3.64. The Morgan fingerprint density at radius 2 is 2.00 bits per heavy atom. The lowest BCUT2D eigenvalue weighted by Crippen LogP contribution is -2.36. The van der Waals surface area contributed by atoms with Gasteiger partial charge in [-0.25, -0.2) is 0 Å². The maximum atomic E-state index is 4.50. The number of hydrogen-bond acceptors (Lipinski definition) is 2.